The van der Waals surface area contributed by atoms with E-state index in [-0.39, 0.29) is 23.3 Å². The van der Waals surface area contributed by atoms with Crippen LogP contribution < -0.4 is 5.56 Å². The van der Waals surface area contributed by atoms with Crippen LogP contribution in [0.4, 0.5) is 4.39 Å². The topological polar surface area (TPSA) is 82.2 Å². The average Bonchev–Trinajstić information content (AvgIpc) is 3.31. The van der Waals surface area contributed by atoms with Crippen molar-refractivity contribution in [3.05, 3.63) is 93.2 Å². The predicted octanol–water partition coefficient (Wildman–Crippen LogP) is 2.84. The summed E-state index contributed by atoms with van der Waals surface area (Å²) in [5.41, 5.74) is 2.22. The molecule has 1 amide bonds. The smallest absolute Gasteiger partial charge is 0.273 e. The van der Waals surface area contributed by atoms with Gasteiger partial charge in [-0.05, 0) is 31.0 Å². The molecule has 0 saturated carbocycles. The third-order valence-electron chi connectivity index (χ3n) is 6.23. The molecule has 5 rings (SSSR count). The minimum absolute atomic E-state index is 0.149. The molecular formula is C24H24FN5O2. The number of benzene rings is 1. The summed E-state index contributed by atoms with van der Waals surface area (Å²) in [6.45, 7) is 2.17. The van der Waals surface area contributed by atoms with Crippen molar-refractivity contribution in [1.82, 2.24) is 24.8 Å². The third-order valence-corrected chi connectivity index (χ3v) is 6.23. The molecule has 1 N–H and O–H groups in total. The van der Waals surface area contributed by atoms with Crippen molar-refractivity contribution < 1.29 is 9.18 Å². The summed E-state index contributed by atoms with van der Waals surface area (Å²) in [7, 11) is 0. The Morgan fingerprint density at radius 3 is 2.81 bits per heavy atom. The van der Waals surface area contributed by atoms with Gasteiger partial charge >= 0.3 is 0 Å². The van der Waals surface area contributed by atoms with Gasteiger partial charge in [-0.3, -0.25) is 19.5 Å². The first-order chi connectivity index (χ1) is 15.6. The number of fused-ring (bicyclic) bond motifs is 1. The summed E-state index contributed by atoms with van der Waals surface area (Å²) >= 11 is 0. The number of pyridine rings is 1. The van der Waals surface area contributed by atoms with Crippen molar-refractivity contribution in [2.45, 2.75) is 38.4 Å². The Labute approximate surface area is 184 Å². The van der Waals surface area contributed by atoms with E-state index in [0.717, 1.165) is 18.5 Å². The standard InChI is InChI=1S/C24H24FN5O2/c25-18-7-2-1-6-16(18)14-29-13-10-19-17(15-29)23(31)28-22(27-19)21-9-5-12-30(21)24(32)20-8-3-4-11-26-20/h1-4,6-8,11,21H,5,9-10,12-15H2,(H,27,28,31)/t21-/m0/s1. The molecule has 164 valence electrons. The largest absolute Gasteiger partial charge is 0.327 e. The van der Waals surface area contributed by atoms with Crippen LogP contribution in [-0.4, -0.2) is 43.7 Å². The fourth-order valence-corrected chi connectivity index (χ4v) is 4.59. The van der Waals surface area contributed by atoms with Crippen molar-refractivity contribution in [1.29, 1.82) is 0 Å². The summed E-state index contributed by atoms with van der Waals surface area (Å²) in [4.78, 5) is 41.6. The number of nitrogens with zero attached hydrogens (tertiary/aromatic N) is 4. The number of rotatable bonds is 4. The highest BCUT2D eigenvalue weighted by atomic mass is 19.1. The predicted molar refractivity (Wildman–Crippen MR) is 116 cm³/mol. The van der Waals surface area contributed by atoms with Crippen LogP contribution in [-0.2, 0) is 19.5 Å². The zero-order valence-electron chi connectivity index (χ0n) is 17.6. The monoisotopic (exact) mass is 433 g/mol. The van der Waals surface area contributed by atoms with Gasteiger partial charge in [0.1, 0.15) is 17.3 Å². The summed E-state index contributed by atoms with van der Waals surface area (Å²) in [5.74, 6) is 0.155. The van der Waals surface area contributed by atoms with E-state index >= 15 is 0 Å². The number of aromatic nitrogens is 3. The Kier molecular flexibility index (Phi) is 5.53. The van der Waals surface area contributed by atoms with Gasteiger partial charge in [-0.25, -0.2) is 9.37 Å². The van der Waals surface area contributed by atoms with Gasteiger partial charge in [-0.1, -0.05) is 24.3 Å². The summed E-state index contributed by atoms with van der Waals surface area (Å²) in [6, 6.07) is 11.7. The van der Waals surface area contributed by atoms with E-state index in [0.29, 0.717) is 55.2 Å². The molecule has 32 heavy (non-hydrogen) atoms. The Hall–Kier alpha value is -3.39. The molecule has 1 aromatic carbocycles. The van der Waals surface area contributed by atoms with E-state index in [2.05, 4.69) is 14.9 Å². The van der Waals surface area contributed by atoms with Crippen molar-refractivity contribution in [2.24, 2.45) is 0 Å². The van der Waals surface area contributed by atoms with Gasteiger partial charge < -0.3 is 9.88 Å². The summed E-state index contributed by atoms with van der Waals surface area (Å²) in [6.07, 6.45) is 3.81. The van der Waals surface area contributed by atoms with E-state index < -0.39 is 0 Å². The van der Waals surface area contributed by atoms with Crippen molar-refractivity contribution in [3.63, 3.8) is 0 Å². The number of aromatic amines is 1. The lowest BCUT2D eigenvalue weighted by atomic mass is 10.0. The van der Waals surface area contributed by atoms with Crippen LogP contribution in [0, 0.1) is 5.82 Å². The number of carbonyl (C=O) groups is 1. The lowest BCUT2D eigenvalue weighted by Gasteiger charge is -2.29. The number of carbonyl (C=O) groups excluding carboxylic acids is 1. The highest BCUT2D eigenvalue weighted by molar-refractivity contribution is 5.92. The first kappa shape index (κ1) is 20.5. The molecule has 3 aromatic rings. The molecule has 1 saturated heterocycles. The lowest BCUT2D eigenvalue weighted by molar-refractivity contribution is 0.0723. The van der Waals surface area contributed by atoms with Gasteiger partial charge in [0.2, 0.25) is 0 Å². The normalized spacial score (nSPS) is 18.5. The maximum absolute atomic E-state index is 14.0. The molecule has 0 spiro atoms. The van der Waals surface area contributed by atoms with Gasteiger partial charge in [-0.2, -0.15) is 0 Å². The Bertz CT molecular complexity index is 1200. The number of nitrogens with one attached hydrogen (secondary N) is 1. The van der Waals surface area contributed by atoms with Crippen LogP contribution in [0.1, 0.15) is 52.0 Å². The number of amides is 1. The first-order valence-corrected chi connectivity index (χ1v) is 10.9. The van der Waals surface area contributed by atoms with Gasteiger partial charge in [0.25, 0.3) is 11.5 Å². The van der Waals surface area contributed by atoms with Crippen molar-refractivity contribution in [3.8, 4) is 0 Å². The van der Waals surface area contributed by atoms with E-state index in [1.807, 2.05) is 6.07 Å². The van der Waals surface area contributed by atoms with Crippen LogP contribution in [0.2, 0.25) is 0 Å². The molecule has 8 heteroatoms. The summed E-state index contributed by atoms with van der Waals surface area (Å²) < 4.78 is 14.0. The molecule has 0 bridgehead atoms. The molecule has 0 aliphatic carbocycles. The molecule has 2 aliphatic rings. The second-order valence-corrected chi connectivity index (χ2v) is 8.30. The summed E-state index contributed by atoms with van der Waals surface area (Å²) in [5, 5.41) is 0. The van der Waals surface area contributed by atoms with E-state index in [1.54, 1.807) is 41.4 Å². The number of H-pyrrole nitrogens is 1. The number of hydrogen-bond donors (Lipinski definition) is 1. The zero-order valence-corrected chi connectivity index (χ0v) is 17.6. The van der Waals surface area contributed by atoms with Crippen LogP contribution in [0.5, 0.6) is 0 Å². The SMILES string of the molecule is O=C(c1ccccn1)N1CCC[C@H]1c1nc2c(c(=O)[nH]1)CN(Cc1ccccc1F)CC2. The van der Waals surface area contributed by atoms with Crippen molar-refractivity contribution >= 4 is 5.91 Å². The average molecular weight is 433 g/mol. The minimum Gasteiger partial charge on any atom is -0.327 e. The van der Waals surface area contributed by atoms with Crippen molar-refractivity contribution in [2.75, 3.05) is 13.1 Å². The number of halogens is 1. The van der Waals surface area contributed by atoms with Gasteiger partial charge in [-0.15, -0.1) is 0 Å². The quantitative estimate of drug-likeness (QED) is 0.684. The maximum atomic E-state index is 14.0. The molecular weight excluding hydrogens is 409 g/mol. The van der Waals surface area contributed by atoms with Gasteiger partial charge in [0.15, 0.2) is 0 Å². The van der Waals surface area contributed by atoms with E-state index in [1.165, 1.54) is 6.07 Å². The number of hydrogen-bond acceptors (Lipinski definition) is 5. The molecule has 7 nitrogen and oxygen atoms in total. The molecule has 1 atom stereocenters. The second-order valence-electron chi connectivity index (χ2n) is 8.30. The molecule has 0 unspecified atom stereocenters. The zero-order chi connectivity index (χ0) is 22.1. The van der Waals surface area contributed by atoms with Crippen LogP contribution in [0.25, 0.3) is 0 Å². The minimum atomic E-state index is -0.265. The van der Waals surface area contributed by atoms with Gasteiger partial charge in [0, 0.05) is 44.4 Å². The van der Waals surface area contributed by atoms with Crippen LogP contribution in [0.3, 0.4) is 0 Å². The molecule has 1 fully saturated rings. The third kappa shape index (κ3) is 3.93. The maximum Gasteiger partial charge on any atom is 0.273 e. The lowest BCUT2D eigenvalue weighted by Crippen LogP contribution is -2.38. The Morgan fingerprint density at radius 2 is 2.00 bits per heavy atom. The molecule has 4 heterocycles. The van der Waals surface area contributed by atoms with Crippen LogP contribution >= 0.6 is 0 Å². The first-order valence-electron chi connectivity index (χ1n) is 10.9. The fourth-order valence-electron chi connectivity index (χ4n) is 4.59. The second kappa shape index (κ2) is 8.63. The Balaban J connectivity index is 1.37. The van der Waals surface area contributed by atoms with Gasteiger partial charge in [0.05, 0.1) is 17.3 Å². The highest BCUT2D eigenvalue weighted by Gasteiger charge is 2.34. The molecule has 2 aliphatic heterocycles. The fraction of sp³-hybridized carbons (Fsp3) is 0.333. The van der Waals surface area contributed by atoms with E-state index in [4.69, 9.17) is 4.98 Å². The number of likely N-dealkylation sites (tertiary alicyclic amines) is 1. The van der Waals surface area contributed by atoms with Crippen LogP contribution in [0.15, 0.2) is 53.5 Å². The van der Waals surface area contributed by atoms with E-state index in [9.17, 15) is 14.0 Å². The highest BCUT2D eigenvalue weighted by Crippen LogP contribution is 2.31. The molecule has 0 radical (unpaired) electrons. The molecule has 2 aromatic heterocycles. The Morgan fingerprint density at radius 1 is 1.16 bits per heavy atom.